The first-order chi connectivity index (χ1) is 13.0. The molecular weight excluding hydrogens is 399 g/mol. The van der Waals surface area contributed by atoms with Gasteiger partial charge in [-0.15, -0.1) is 0 Å². The smallest absolute Gasteiger partial charge is 0.282 e. The Morgan fingerprint density at radius 2 is 1.86 bits per heavy atom. The summed E-state index contributed by atoms with van der Waals surface area (Å²) in [5, 5.41) is 6.89. The molecule has 2 unspecified atom stereocenters. The molecule has 6 nitrogen and oxygen atoms in total. The number of halogens is 2. The van der Waals surface area contributed by atoms with Gasteiger partial charge in [-0.05, 0) is 45.9 Å². The second-order valence-corrected chi connectivity index (χ2v) is 9.42. The molecule has 1 saturated heterocycles. The zero-order chi connectivity index (χ0) is 20.9. The summed E-state index contributed by atoms with van der Waals surface area (Å²) >= 11 is 12.1. The van der Waals surface area contributed by atoms with Crippen LogP contribution in [0.5, 0.6) is 0 Å². The molecule has 0 saturated carbocycles. The number of quaternary nitrogens is 2. The van der Waals surface area contributed by atoms with Crippen molar-refractivity contribution in [2.24, 2.45) is 0 Å². The van der Waals surface area contributed by atoms with E-state index < -0.39 is 0 Å². The molecule has 0 aromatic heterocycles. The van der Waals surface area contributed by atoms with Crippen molar-refractivity contribution in [2.45, 2.75) is 45.7 Å². The molecule has 4 N–H and O–H groups in total. The number of rotatable bonds is 5. The molecule has 28 heavy (non-hydrogen) atoms. The Kier molecular flexibility index (Phi) is 8.13. The molecule has 8 heteroatoms. The lowest BCUT2D eigenvalue weighted by atomic mass is 10.1. The maximum absolute atomic E-state index is 12.7. The van der Waals surface area contributed by atoms with Crippen molar-refractivity contribution < 1.29 is 19.4 Å². The van der Waals surface area contributed by atoms with Crippen molar-refractivity contribution in [1.82, 2.24) is 5.32 Å². The maximum Gasteiger partial charge on any atom is 0.282 e. The van der Waals surface area contributed by atoms with E-state index in [4.69, 9.17) is 23.2 Å². The number of carbonyl (C=O) groups is 2. The Morgan fingerprint density at radius 3 is 2.50 bits per heavy atom. The molecular formula is C20H32Cl2N4O2+2. The molecule has 3 atom stereocenters. The van der Waals surface area contributed by atoms with Gasteiger partial charge in [0.25, 0.3) is 11.8 Å². The molecule has 1 heterocycles. The minimum Gasteiger partial charge on any atom is -0.347 e. The highest BCUT2D eigenvalue weighted by Gasteiger charge is 2.30. The molecule has 1 aromatic rings. The van der Waals surface area contributed by atoms with E-state index in [2.05, 4.69) is 10.6 Å². The van der Waals surface area contributed by atoms with Crippen molar-refractivity contribution in [1.29, 1.82) is 0 Å². The fourth-order valence-electron chi connectivity index (χ4n) is 3.47. The Morgan fingerprint density at radius 1 is 1.14 bits per heavy atom. The van der Waals surface area contributed by atoms with Gasteiger partial charge in [-0.1, -0.05) is 23.2 Å². The number of amides is 2. The largest absolute Gasteiger partial charge is 0.347 e. The van der Waals surface area contributed by atoms with Gasteiger partial charge in [-0.2, -0.15) is 0 Å². The first-order valence-corrected chi connectivity index (χ1v) is 10.6. The van der Waals surface area contributed by atoms with E-state index in [-0.39, 0.29) is 23.4 Å². The van der Waals surface area contributed by atoms with E-state index in [0.717, 1.165) is 32.6 Å². The summed E-state index contributed by atoms with van der Waals surface area (Å²) in [5.74, 6) is 0.0160. The lowest BCUT2D eigenvalue weighted by molar-refractivity contribution is -0.942. The predicted molar refractivity (Wildman–Crippen MR) is 113 cm³/mol. The van der Waals surface area contributed by atoms with Crippen molar-refractivity contribution >= 4 is 40.7 Å². The average molecular weight is 431 g/mol. The van der Waals surface area contributed by atoms with Gasteiger partial charge >= 0.3 is 0 Å². The van der Waals surface area contributed by atoms with Gasteiger partial charge in [-0.3, -0.25) is 9.59 Å². The quantitative estimate of drug-likeness (QED) is 0.546. The summed E-state index contributed by atoms with van der Waals surface area (Å²) in [6, 6.07) is 4.84. The summed E-state index contributed by atoms with van der Waals surface area (Å²) < 4.78 is 0. The molecule has 1 aliphatic heterocycles. The second kappa shape index (κ2) is 9.92. The standard InChI is InChI=1S/C20H30Cl2N4O2/c1-14(19(28)23-17-7-6-15(21)12-16(17)22)26-9-5-8-25(10-11-26)13-18(27)24-20(2,3)4/h6-7,12,14H,5,8-11,13H2,1-4H3,(H,23,28)(H,24,27)/p+2/t14-/m1/s1. The van der Waals surface area contributed by atoms with Crippen LogP contribution >= 0.6 is 23.2 Å². The molecule has 2 rings (SSSR count). The zero-order valence-electron chi connectivity index (χ0n) is 17.1. The molecule has 0 spiro atoms. The van der Waals surface area contributed by atoms with Gasteiger partial charge in [0.1, 0.15) is 13.1 Å². The number of nitrogens with one attached hydrogen (secondary N) is 4. The minimum atomic E-state index is -0.213. The summed E-state index contributed by atoms with van der Waals surface area (Å²) in [5.41, 5.74) is 0.359. The highest BCUT2D eigenvalue weighted by molar-refractivity contribution is 6.36. The van der Waals surface area contributed by atoms with Crippen LogP contribution < -0.4 is 20.4 Å². The monoisotopic (exact) mass is 430 g/mol. The number of benzene rings is 1. The number of hydrogen-bond donors (Lipinski definition) is 4. The van der Waals surface area contributed by atoms with E-state index >= 15 is 0 Å². The lowest BCUT2D eigenvalue weighted by Crippen LogP contribution is -3.20. The van der Waals surface area contributed by atoms with Crippen LogP contribution in [0, 0.1) is 0 Å². The van der Waals surface area contributed by atoms with Crippen molar-refractivity contribution in [3.63, 3.8) is 0 Å². The highest BCUT2D eigenvalue weighted by Crippen LogP contribution is 2.25. The van der Waals surface area contributed by atoms with Gasteiger partial charge < -0.3 is 20.4 Å². The normalized spacial score (nSPS) is 21.5. The van der Waals surface area contributed by atoms with Gasteiger partial charge in [0.05, 0.1) is 23.8 Å². The van der Waals surface area contributed by atoms with Gasteiger partial charge in [0.2, 0.25) is 0 Å². The Hall–Kier alpha value is -1.34. The summed E-state index contributed by atoms with van der Waals surface area (Å²) in [7, 11) is 0. The second-order valence-electron chi connectivity index (χ2n) is 8.57. The van der Waals surface area contributed by atoms with Crippen LogP contribution in [0.4, 0.5) is 5.69 Å². The van der Waals surface area contributed by atoms with Crippen LogP contribution in [-0.2, 0) is 9.59 Å². The van der Waals surface area contributed by atoms with Crippen molar-refractivity contribution in [2.75, 3.05) is 38.0 Å². The molecule has 2 amide bonds. The number of carbonyl (C=O) groups excluding carboxylic acids is 2. The molecule has 0 radical (unpaired) electrons. The lowest BCUT2D eigenvalue weighted by Gasteiger charge is -2.24. The zero-order valence-corrected chi connectivity index (χ0v) is 18.6. The SMILES string of the molecule is C[C@H](C(=O)Nc1ccc(Cl)cc1Cl)[NH+]1CCC[NH+](CC(=O)NC(C)(C)C)CC1. The fraction of sp³-hybridized carbons (Fsp3) is 0.600. The molecule has 1 aromatic carbocycles. The number of anilines is 1. The third-order valence-corrected chi connectivity index (χ3v) is 5.50. The predicted octanol–water partition coefficient (Wildman–Crippen LogP) is 0.409. The topological polar surface area (TPSA) is 67.1 Å². The van der Waals surface area contributed by atoms with Crippen molar-refractivity contribution in [3.8, 4) is 0 Å². The Labute approximate surface area is 177 Å². The minimum absolute atomic E-state index is 0.0619. The van der Waals surface area contributed by atoms with Crippen LogP contribution in [0.2, 0.25) is 10.0 Å². The molecule has 0 aliphatic carbocycles. The van der Waals surface area contributed by atoms with Gasteiger partial charge in [-0.25, -0.2) is 0 Å². The van der Waals surface area contributed by atoms with Crippen LogP contribution in [0.1, 0.15) is 34.1 Å². The average Bonchev–Trinajstić information content (AvgIpc) is 2.80. The maximum atomic E-state index is 12.7. The van der Waals surface area contributed by atoms with E-state index in [1.807, 2.05) is 27.7 Å². The molecule has 156 valence electrons. The van der Waals surface area contributed by atoms with Crippen LogP contribution in [0.3, 0.4) is 0 Å². The van der Waals surface area contributed by atoms with Gasteiger partial charge in [0, 0.05) is 17.0 Å². The fourth-order valence-corrected chi connectivity index (χ4v) is 3.93. The summed E-state index contributed by atoms with van der Waals surface area (Å²) in [4.78, 5) is 27.4. The summed E-state index contributed by atoms with van der Waals surface area (Å²) in [6.07, 6.45) is 0.979. The van der Waals surface area contributed by atoms with Crippen LogP contribution in [0.25, 0.3) is 0 Å². The highest BCUT2D eigenvalue weighted by atomic mass is 35.5. The van der Waals surface area contributed by atoms with E-state index in [1.54, 1.807) is 18.2 Å². The van der Waals surface area contributed by atoms with E-state index in [0.29, 0.717) is 22.3 Å². The molecule has 1 fully saturated rings. The van der Waals surface area contributed by atoms with E-state index in [1.165, 1.54) is 9.80 Å². The molecule has 0 bridgehead atoms. The van der Waals surface area contributed by atoms with E-state index in [9.17, 15) is 9.59 Å². The Balaban J connectivity index is 1.88. The van der Waals surface area contributed by atoms with Crippen LogP contribution in [-0.4, -0.2) is 56.1 Å². The first kappa shape index (κ1) is 22.9. The van der Waals surface area contributed by atoms with Crippen molar-refractivity contribution in [3.05, 3.63) is 28.2 Å². The molecule has 1 aliphatic rings. The third kappa shape index (κ3) is 7.24. The van der Waals surface area contributed by atoms with Gasteiger partial charge in [0.15, 0.2) is 12.6 Å². The number of hydrogen-bond acceptors (Lipinski definition) is 2. The summed E-state index contributed by atoms with van der Waals surface area (Å²) in [6.45, 7) is 11.9. The Bertz CT molecular complexity index is 706. The van der Waals surface area contributed by atoms with Crippen LogP contribution in [0.15, 0.2) is 18.2 Å². The third-order valence-electron chi connectivity index (χ3n) is 4.95. The first-order valence-electron chi connectivity index (χ1n) is 9.80.